The van der Waals surface area contributed by atoms with E-state index >= 15 is 0 Å². The summed E-state index contributed by atoms with van der Waals surface area (Å²) in [4.78, 5) is 4.06. The molecule has 0 radical (unpaired) electrons. The molecule has 5 heteroatoms. The summed E-state index contributed by atoms with van der Waals surface area (Å²) in [6.45, 7) is 1.07. The van der Waals surface area contributed by atoms with Crippen LogP contribution in [0.1, 0.15) is 25.7 Å². The van der Waals surface area contributed by atoms with Gasteiger partial charge in [-0.1, -0.05) is 0 Å². The van der Waals surface area contributed by atoms with Crippen LogP contribution in [-0.4, -0.2) is 15.9 Å². The monoisotopic (exact) mass is 286 g/mol. The summed E-state index contributed by atoms with van der Waals surface area (Å²) in [5, 5.41) is 4.71. The first-order chi connectivity index (χ1) is 9.78. The Balaban J connectivity index is 1.56. The maximum Gasteiger partial charge on any atom is 0.147 e. The van der Waals surface area contributed by atoms with Gasteiger partial charge in [-0.15, -0.1) is 0 Å². The Morgan fingerprint density at radius 2 is 2.05 bits per heavy atom. The van der Waals surface area contributed by atoms with E-state index in [1.54, 1.807) is 12.4 Å². The predicted molar refractivity (Wildman–Crippen MR) is 82.6 cm³/mol. The maximum absolute atomic E-state index is 6.04. The van der Waals surface area contributed by atoms with Gasteiger partial charge in [0, 0.05) is 18.9 Å². The molecule has 104 valence electrons. The van der Waals surface area contributed by atoms with Gasteiger partial charge in [0.15, 0.2) is 0 Å². The standard InChI is InChI=1S/C15H18N4S/c16-13-12(10-3-7-17-8-4-10)14(20-19-13)18-9-15(5-6-15)11-1-2-11/h3-4,7-8,11,18H,1-2,5-6,9H2,(H2,16,19). The topological polar surface area (TPSA) is 63.8 Å². The van der Waals surface area contributed by atoms with Crippen LogP contribution in [0.15, 0.2) is 24.5 Å². The first-order valence-electron chi connectivity index (χ1n) is 7.18. The van der Waals surface area contributed by atoms with Crippen molar-refractivity contribution in [1.29, 1.82) is 0 Å². The van der Waals surface area contributed by atoms with E-state index in [0.717, 1.165) is 28.6 Å². The lowest BCUT2D eigenvalue weighted by molar-refractivity contribution is 0.467. The van der Waals surface area contributed by atoms with Gasteiger partial charge < -0.3 is 11.1 Å². The number of hydrogen-bond donors (Lipinski definition) is 2. The summed E-state index contributed by atoms with van der Waals surface area (Å²) in [6.07, 6.45) is 9.19. The van der Waals surface area contributed by atoms with Crippen molar-refractivity contribution >= 4 is 22.4 Å². The predicted octanol–water partition coefficient (Wildman–Crippen LogP) is 3.39. The Hall–Kier alpha value is -1.62. The quantitative estimate of drug-likeness (QED) is 0.884. The van der Waals surface area contributed by atoms with E-state index < -0.39 is 0 Å². The van der Waals surface area contributed by atoms with Crippen molar-refractivity contribution in [3.8, 4) is 11.1 Å². The van der Waals surface area contributed by atoms with Crippen molar-refractivity contribution in [2.45, 2.75) is 25.7 Å². The van der Waals surface area contributed by atoms with E-state index in [0.29, 0.717) is 11.2 Å². The number of pyridine rings is 1. The maximum atomic E-state index is 6.04. The van der Waals surface area contributed by atoms with Crippen molar-refractivity contribution in [2.75, 3.05) is 17.6 Å². The summed E-state index contributed by atoms with van der Waals surface area (Å²) in [5.74, 6) is 1.57. The number of hydrogen-bond acceptors (Lipinski definition) is 5. The highest BCUT2D eigenvalue weighted by Crippen LogP contribution is 2.61. The van der Waals surface area contributed by atoms with E-state index in [4.69, 9.17) is 5.73 Å². The Labute approximate surface area is 122 Å². The van der Waals surface area contributed by atoms with Crippen LogP contribution in [-0.2, 0) is 0 Å². The van der Waals surface area contributed by atoms with Gasteiger partial charge in [0.05, 0.1) is 5.56 Å². The normalized spacial score (nSPS) is 19.8. The average molecular weight is 286 g/mol. The average Bonchev–Trinajstić information content (AvgIpc) is 3.36. The fourth-order valence-electron chi connectivity index (χ4n) is 3.06. The fourth-order valence-corrected chi connectivity index (χ4v) is 3.79. The Kier molecular flexibility index (Phi) is 2.70. The third-order valence-corrected chi connectivity index (χ3v) is 5.44. The second kappa shape index (κ2) is 4.45. The van der Waals surface area contributed by atoms with Crippen molar-refractivity contribution < 1.29 is 0 Å². The van der Waals surface area contributed by atoms with Crippen LogP contribution < -0.4 is 11.1 Å². The second-order valence-electron chi connectivity index (χ2n) is 6.00. The zero-order valence-electron chi connectivity index (χ0n) is 11.3. The second-order valence-corrected chi connectivity index (χ2v) is 6.77. The largest absolute Gasteiger partial charge is 0.382 e. The van der Waals surface area contributed by atoms with Gasteiger partial charge >= 0.3 is 0 Å². The van der Waals surface area contributed by atoms with Gasteiger partial charge in [-0.3, -0.25) is 4.98 Å². The van der Waals surface area contributed by atoms with Crippen LogP contribution in [0.25, 0.3) is 11.1 Å². The Morgan fingerprint density at radius 1 is 1.30 bits per heavy atom. The Morgan fingerprint density at radius 3 is 2.70 bits per heavy atom. The van der Waals surface area contributed by atoms with E-state index in [1.165, 1.54) is 37.2 Å². The highest BCUT2D eigenvalue weighted by molar-refractivity contribution is 7.11. The van der Waals surface area contributed by atoms with Crippen molar-refractivity contribution in [1.82, 2.24) is 9.36 Å². The summed E-state index contributed by atoms with van der Waals surface area (Å²) < 4.78 is 4.31. The molecule has 0 amide bonds. The van der Waals surface area contributed by atoms with Crippen molar-refractivity contribution in [3.05, 3.63) is 24.5 Å². The number of rotatable bonds is 5. The van der Waals surface area contributed by atoms with Crippen LogP contribution in [0.2, 0.25) is 0 Å². The first kappa shape index (κ1) is 12.1. The van der Waals surface area contributed by atoms with Gasteiger partial charge in [0.2, 0.25) is 0 Å². The molecule has 2 saturated carbocycles. The molecular formula is C15H18N4S. The number of nitrogens with zero attached hydrogens (tertiary/aromatic N) is 2. The SMILES string of the molecule is Nc1nsc(NCC2(C3CC3)CC2)c1-c1ccncc1. The smallest absolute Gasteiger partial charge is 0.147 e. The van der Waals surface area contributed by atoms with Crippen molar-refractivity contribution in [2.24, 2.45) is 11.3 Å². The molecule has 2 heterocycles. The highest BCUT2D eigenvalue weighted by Gasteiger charge is 2.53. The zero-order chi connectivity index (χ0) is 13.6. The molecular weight excluding hydrogens is 268 g/mol. The van der Waals surface area contributed by atoms with Crippen molar-refractivity contribution in [3.63, 3.8) is 0 Å². The van der Waals surface area contributed by atoms with Gasteiger partial charge in [-0.25, -0.2) is 0 Å². The number of nitrogens with one attached hydrogen (secondary N) is 1. The number of aromatic nitrogens is 2. The summed E-state index contributed by atoms with van der Waals surface area (Å²) in [5.41, 5.74) is 8.74. The molecule has 2 aromatic rings. The molecule has 2 aliphatic rings. The molecule has 2 fully saturated rings. The number of nitrogens with two attached hydrogens (primary N) is 1. The molecule has 3 N–H and O–H groups in total. The fraction of sp³-hybridized carbons (Fsp3) is 0.467. The third-order valence-electron chi connectivity index (χ3n) is 4.62. The molecule has 0 spiro atoms. The van der Waals surface area contributed by atoms with Crippen LogP contribution in [0.4, 0.5) is 10.8 Å². The third kappa shape index (κ3) is 2.06. The van der Waals surface area contributed by atoms with E-state index in [1.807, 2.05) is 12.1 Å². The van der Waals surface area contributed by atoms with Gasteiger partial charge in [0.25, 0.3) is 0 Å². The molecule has 0 atom stereocenters. The Bertz CT molecular complexity index is 614. The molecule has 0 unspecified atom stereocenters. The number of anilines is 2. The molecule has 4 nitrogen and oxygen atoms in total. The highest BCUT2D eigenvalue weighted by atomic mass is 32.1. The van der Waals surface area contributed by atoms with Gasteiger partial charge in [-0.2, -0.15) is 4.37 Å². The molecule has 20 heavy (non-hydrogen) atoms. The lowest BCUT2D eigenvalue weighted by atomic mass is 10.0. The van der Waals surface area contributed by atoms with Crippen LogP contribution in [0.3, 0.4) is 0 Å². The molecule has 0 aliphatic heterocycles. The van der Waals surface area contributed by atoms with Gasteiger partial charge in [-0.05, 0) is 66.2 Å². The minimum Gasteiger partial charge on any atom is -0.382 e. The first-order valence-corrected chi connectivity index (χ1v) is 7.95. The molecule has 4 rings (SSSR count). The molecule has 2 aliphatic carbocycles. The lowest BCUT2D eigenvalue weighted by Gasteiger charge is -2.15. The molecule has 0 aromatic carbocycles. The van der Waals surface area contributed by atoms with E-state index in [2.05, 4.69) is 14.7 Å². The molecule has 0 bridgehead atoms. The summed E-state index contributed by atoms with van der Waals surface area (Å²) >= 11 is 1.47. The van der Waals surface area contributed by atoms with Crippen LogP contribution >= 0.6 is 11.5 Å². The molecule has 2 aromatic heterocycles. The lowest BCUT2D eigenvalue weighted by Crippen LogP contribution is -2.17. The summed E-state index contributed by atoms with van der Waals surface area (Å²) in [7, 11) is 0. The zero-order valence-corrected chi connectivity index (χ0v) is 12.1. The van der Waals surface area contributed by atoms with E-state index in [9.17, 15) is 0 Å². The minimum atomic E-state index is 0.578. The van der Waals surface area contributed by atoms with E-state index in [-0.39, 0.29) is 0 Å². The number of nitrogen functional groups attached to an aromatic ring is 1. The van der Waals surface area contributed by atoms with Gasteiger partial charge in [0.1, 0.15) is 10.8 Å². The molecule has 0 saturated heterocycles. The summed E-state index contributed by atoms with van der Waals surface area (Å²) in [6, 6.07) is 3.97. The minimum absolute atomic E-state index is 0.578. The van der Waals surface area contributed by atoms with Crippen LogP contribution in [0.5, 0.6) is 0 Å². The van der Waals surface area contributed by atoms with Crippen LogP contribution in [0, 0.1) is 11.3 Å².